The Bertz CT molecular complexity index is 1080. The topological polar surface area (TPSA) is 103 Å². The summed E-state index contributed by atoms with van der Waals surface area (Å²) in [4.78, 5) is 42.3. The van der Waals surface area contributed by atoms with Crippen LogP contribution in [-0.4, -0.2) is 35.9 Å². The second-order valence-electron chi connectivity index (χ2n) is 7.23. The standard InChI is InChI=1S/C22H23N5O3S/c28-19(26-21-25-16-9-4-6-11-18(16)31-21)12-2-1-7-13-23-22(30)27-14-20(29)24-15-8-3-5-10-17(15)27/h3-6,8-11H,1-2,7,12-14H2,(H,23,30)(H,24,29)(H,25,26,28). The van der Waals surface area contributed by atoms with Crippen LogP contribution in [0, 0.1) is 0 Å². The van der Waals surface area contributed by atoms with Crippen LogP contribution in [0.5, 0.6) is 0 Å². The molecule has 0 unspecified atom stereocenters. The third-order valence-electron chi connectivity index (χ3n) is 4.91. The molecular weight excluding hydrogens is 414 g/mol. The zero-order chi connectivity index (χ0) is 21.6. The molecule has 0 bridgehead atoms. The first-order valence-electron chi connectivity index (χ1n) is 10.2. The average Bonchev–Trinajstić information content (AvgIpc) is 3.17. The summed E-state index contributed by atoms with van der Waals surface area (Å²) in [5.41, 5.74) is 2.20. The van der Waals surface area contributed by atoms with Gasteiger partial charge in [0, 0.05) is 13.0 Å². The van der Waals surface area contributed by atoms with Crippen molar-refractivity contribution in [3.05, 3.63) is 48.5 Å². The van der Waals surface area contributed by atoms with Crippen molar-refractivity contribution >= 4 is 55.9 Å². The van der Waals surface area contributed by atoms with Crippen molar-refractivity contribution in [2.45, 2.75) is 25.7 Å². The zero-order valence-corrected chi connectivity index (χ0v) is 17.7. The quantitative estimate of drug-likeness (QED) is 0.487. The molecule has 3 aromatic rings. The van der Waals surface area contributed by atoms with Gasteiger partial charge in [0.2, 0.25) is 11.8 Å². The molecule has 1 aliphatic rings. The van der Waals surface area contributed by atoms with Crippen LogP contribution in [-0.2, 0) is 9.59 Å². The lowest BCUT2D eigenvalue weighted by Gasteiger charge is -2.29. The van der Waals surface area contributed by atoms with E-state index in [1.807, 2.05) is 36.4 Å². The van der Waals surface area contributed by atoms with Crippen LogP contribution < -0.4 is 20.9 Å². The number of hydrogen-bond acceptors (Lipinski definition) is 5. The molecule has 31 heavy (non-hydrogen) atoms. The first kappa shape index (κ1) is 20.8. The molecule has 4 rings (SSSR count). The van der Waals surface area contributed by atoms with E-state index in [1.54, 1.807) is 12.1 Å². The van der Waals surface area contributed by atoms with E-state index in [0.29, 0.717) is 29.5 Å². The third kappa shape index (κ3) is 5.18. The molecule has 0 fully saturated rings. The van der Waals surface area contributed by atoms with Crippen LogP contribution in [0.1, 0.15) is 25.7 Å². The molecule has 3 N–H and O–H groups in total. The van der Waals surface area contributed by atoms with E-state index < -0.39 is 0 Å². The molecule has 1 aliphatic heterocycles. The second kappa shape index (κ2) is 9.57. The normalized spacial score (nSPS) is 12.9. The highest BCUT2D eigenvalue weighted by Gasteiger charge is 2.26. The lowest BCUT2D eigenvalue weighted by atomic mass is 10.2. The van der Waals surface area contributed by atoms with Gasteiger partial charge in [0.05, 0.1) is 21.6 Å². The van der Waals surface area contributed by atoms with E-state index in [1.165, 1.54) is 16.2 Å². The van der Waals surface area contributed by atoms with Gasteiger partial charge >= 0.3 is 6.03 Å². The highest BCUT2D eigenvalue weighted by atomic mass is 32.1. The number of fused-ring (bicyclic) bond motifs is 2. The summed E-state index contributed by atoms with van der Waals surface area (Å²) < 4.78 is 1.04. The van der Waals surface area contributed by atoms with Crippen LogP contribution in [0.4, 0.5) is 21.3 Å². The van der Waals surface area contributed by atoms with Crippen LogP contribution in [0.25, 0.3) is 10.2 Å². The van der Waals surface area contributed by atoms with Gasteiger partial charge in [0.25, 0.3) is 0 Å². The van der Waals surface area contributed by atoms with E-state index in [9.17, 15) is 14.4 Å². The van der Waals surface area contributed by atoms with Gasteiger partial charge in [-0.1, -0.05) is 42.0 Å². The number of thiazole rings is 1. The van der Waals surface area contributed by atoms with Crippen LogP contribution >= 0.6 is 11.3 Å². The summed E-state index contributed by atoms with van der Waals surface area (Å²) in [5.74, 6) is -0.271. The SMILES string of the molecule is O=C(CCCCCNC(=O)N1CC(=O)Nc2ccccc21)Nc1nc2ccccc2s1. The van der Waals surface area contributed by atoms with Crippen molar-refractivity contribution in [2.24, 2.45) is 0 Å². The van der Waals surface area contributed by atoms with Gasteiger partial charge in [0.15, 0.2) is 5.13 Å². The Hall–Kier alpha value is -3.46. The number of hydrogen-bond donors (Lipinski definition) is 3. The number of aromatic nitrogens is 1. The summed E-state index contributed by atoms with van der Waals surface area (Å²) in [5, 5.41) is 9.08. The van der Waals surface area contributed by atoms with Crippen molar-refractivity contribution in [2.75, 3.05) is 28.6 Å². The number of carbonyl (C=O) groups excluding carboxylic acids is 3. The van der Waals surface area contributed by atoms with E-state index in [2.05, 4.69) is 20.9 Å². The van der Waals surface area contributed by atoms with E-state index >= 15 is 0 Å². The number of unbranched alkanes of at least 4 members (excludes halogenated alkanes) is 2. The van der Waals surface area contributed by atoms with Crippen LogP contribution in [0.3, 0.4) is 0 Å². The van der Waals surface area contributed by atoms with E-state index in [4.69, 9.17) is 0 Å². The molecule has 0 radical (unpaired) electrons. The number of urea groups is 1. The number of nitrogens with one attached hydrogen (secondary N) is 3. The minimum absolute atomic E-state index is 0.00517. The second-order valence-corrected chi connectivity index (χ2v) is 8.26. The number of benzene rings is 2. The molecule has 1 aromatic heterocycles. The molecule has 0 saturated carbocycles. The Balaban J connectivity index is 1.16. The highest BCUT2D eigenvalue weighted by Crippen LogP contribution is 2.28. The van der Waals surface area contributed by atoms with Crippen molar-refractivity contribution in [3.8, 4) is 0 Å². The van der Waals surface area contributed by atoms with Gasteiger partial charge in [-0.3, -0.25) is 14.5 Å². The van der Waals surface area contributed by atoms with E-state index in [0.717, 1.165) is 29.5 Å². The number of nitrogens with zero attached hydrogens (tertiary/aromatic N) is 2. The molecule has 0 atom stereocenters. The first-order chi connectivity index (χ1) is 15.1. The molecule has 4 amide bonds. The maximum Gasteiger partial charge on any atom is 0.322 e. The summed E-state index contributed by atoms with van der Waals surface area (Å²) in [7, 11) is 0. The molecule has 2 aromatic carbocycles. The molecule has 2 heterocycles. The number of para-hydroxylation sites is 3. The summed E-state index contributed by atoms with van der Waals surface area (Å²) in [6, 6.07) is 14.7. The van der Waals surface area contributed by atoms with E-state index in [-0.39, 0.29) is 24.4 Å². The fourth-order valence-corrected chi connectivity index (χ4v) is 4.28. The summed E-state index contributed by atoms with van der Waals surface area (Å²) in [6.45, 7) is 0.480. The molecular formula is C22H23N5O3S. The molecule has 8 nitrogen and oxygen atoms in total. The largest absolute Gasteiger partial charge is 0.338 e. The first-order valence-corrected chi connectivity index (χ1v) is 11.0. The maximum atomic E-state index is 12.5. The summed E-state index contributed by atoms with van der Waals surface area (Å²) >= 11 is 1.46. The number of anilines is 3. The lowest BCUT2D eigenvalue weighted by Crippen LogP contribution is -2.47. The van der Waals surface area contributed by atoms with Crippen molar-refractivity contribution < 1.29 is 14.4 Å². The molecule has 160 valence electrons. The Morgan fingerprint density at radius 3 is 2.74 bits per heavy atom. The predicted molar refractivity (Wildman–Crippen MR) is 123 cm³/mol. The van der Waals surface area contributed by atoms with Crippen LogP contribution in [0.2, 0.25) is 0 Å². The predicted octanol–water partition coefficient (Wildman–Crippen LogP) is 3.96. The number of rotatable bonds is 7. The minimum atomic E-state index is -0.295. The zero-order valence-electron chi connectivity index (χ0n) is 16.9. The molecule has 0 spiro atoms. The Labute approximate surface area is 183 Å². The summed E-state index contributed by atoms with van der Waals surface area (Å²) in [6.07, 6.45) is 2.69. The molecule has 9 heteroatoms. The Morgan fingerprint density at radius 1 is 1.06 bits per heavy atom. The maximum absolute atomic E-state index is 12.5. The Kier molecular flexibility index (Phi) is 6.42. The van der Waals surface area contributed by atoms with Crippen molar-refractivity contribution in [1.82, 2.24) is 10.3 Å². The van der Waals surface area contributed by atoms with Gasteiger partial charge in [-0.15, -0.1) is 0 Å². The monoisotopic (exact) mass is 437 g/mol. The lowest BCUT2D eigenvalue weighted by molar-refractivity contribution is -0.116. The third-order valence-corrected chi connectivity index (χ3v) is 5.86. The highest BCUT2D eigenvalue weighted by molar-refractivity contribution is 7.22. The van der Waals surface area contributed by atoms with Gasteiger partial charge in [-0.25, -0.2) is 9.78 Å². The average molecular weight is 438 g/mol. The smallest absolute Gasteiger partial charge is 0.322 e. The molecule has 0 aliphatic carbocycles. The van der Waals surface area contributed by atoms with Gasteiger partial charge in [-0.05, 0) is 37.1 Å². The van der Waals surface area contributed by atoms with Crippen molar-refractivity contribution in [3.63, 3.8) is 0 Å². The van der Waals surface area contributed by atoms with Gasteiger partial charge in [0.1, 0.15) is 6.54 Å². The minimum Gasteiger partial charge on any atom is -0.338 e. The number of carbonyl (C=O) groups is 3. The van der Waals surface area contributed by atoms with Gasteiger partial charge < -0.3 is 16.0 Å². The molecule has 0 saturated heterocycles. The fraction of sp³-hybridized carbons (Fsp3) is 0.273. The number of amides is 4. The fourth-order valence-electron chi connectivity index (χ4n) is 3.40. The van der Waals surface area contributed by atoms with Crippen LogP contribution in [0.15, 0.2) is 48.5 Å². The van der Waals surface area contributed by atoms with Crippen molar-refractivity contribution in [1.29, 1.82) is 0 Å². The Morgan fingerprint density at radius 2 is 1.87 bits per heavy atom. The van der Waals surface area contributed by atoms with Gasteiger partial charge in [-0.2, -0.15) is 0 Å².